The maximum atomic E-state index is 13.3. The highest BCUT2D eigenvalue weighted by Crippen LogP contribution is 2.38. The van der Waals surface area contributed by atoms with Gasteiger partial charge >= 0.3 is 5.97 Å². The van der Waals surface area contributed by atoms with E-state index in [1.165, 1.54) is 0 Å². The van der Waals surface area contributed by atoms with Crippen LogP contribution in [0.2, 0.25) is 0 Å². The van der Waals surface area contributed by atoms with E-state index in [0.29, 0.717) is 50.9 Å². The predicted octanol–water partition coefficient (Wildman–Crippen LogP) is 6.66. The summed E-state index contributed by atoms with van der Waals surface area (Å²) < 4.78 is 40.8. The zero-order valence-corrected chi connectivity index (χ0v) is 20.7. The fourth-order valence-corrected chi connectivity index (χ4v) is 5.56. The first-order valence-electron chi connectivity index (χ1n) is 11.4. The summed E-state index contributed by atoms with van der Waals surface area (Å²) in [6.45, 7) is 7.83. The van der Waals surface area contributed by atoms with Crippen molar-refractivity contribution in [1.29, 1.82) is 0 Å². The minimum absolute atomic E-state index is 0.209. The van der Waals surface area contributed by atoms with Gasteiger partial charge in [0, 0.05) is 16.2 Å². The molecule has 4 rings (SSSR count). The molecule has 7 heteroatoms. The summed E-state index contributed by atoms with van der Waals surface area (Å²) in [5, 5.41) is 1.92. The van der Waals surface area contributed by atoms with Gasteiger partial charge in [-0.05, 0) is 44.9 Å². The molecule has 4 aromatic rings. The van der Waals surface area contributed by atoms with E-state index in [2.05, 4.69) is 11.6 Å². The Kier molecular flexibility index (Phi) is 6.66. The molecule has 0 fully saturated rings. The number of carbonyl (C=O) groups excluding carboxylic acids is 1. The largest absolute Gasteiger partial charge is 0.462 e. The van der Waals surface area contributed by atoms with Crippen molar-refractivity contribution in [3.63, 3.8) is 0 Å². The number of sulfonamides is 1. The number of esters is 1. The smallest absolute Gasteiger partial charge is 0.342 e. The molecule has 0 saturated heterocycles. The third kappa shape index (κ3) is 4.53. The number of furan rings is 1. The van der Waals surface area contributed by atoms with Gasteiger partial charge in [0.15, 0.2) is 0 Å². The van der Waals surface area contributed by atoms with Crippen LogP contribution in [-0.4, -0.2) is 21.0 Å². The Balaban J connectivity index is 1.82. The summed E-state index contributed by atoms with van der Waals surface area (Å²) >= 11 is 0. The van der Waals surface area contributed by atoms with Gasteiger partial charge in [-0.2, -0.15) is 0 Å². The predicted molar refractivity (Wildman–Crippen MR) is 135 cm³/mol. The van der Waals surface area contributed by atoms with Gasteiger partial charge in [-0.15, -0.1) is 0 Å². The van der Waals surface area contributed by atoms with E-state index in [4.69, 9.17) is 9.15 Å². The van der Waals surface area contributed by atoms with Crippen molar-refractivity contribution in [2.45, 2.75) is 51.9 Å². The molecule has 1 aromatic heterocycles. The Bertz CT molecular complexity index is 1480. The Morgan fingerprint density at radius 1 is 0.971 bits per heavy atom. The quantitative estimate of drug-likeness (QED) is 0.226. The fourth-order valence-electron chi connectivity index (χ4n) is 4.27. The number of hydrogen-bond acceptors (Lipinski definition) is 5. The lowest BCUT2D eigenvalue weighted by molar-refractivity contribution is 0.0498. The lowest BCUT2D eigenvalue weighted by atomic mass is 10.0. The van der Waals surface area contributed by atoms with Gasteiger partial charge in [-0.25, -0.2) is 13.2 Å². The Morgan fingerprint density at radius 3 is 2.41 bits per heavy atom. The lowest BCUT2D eigenvalue weighted by Gasteiger charge is -2.13. The average molecular weight is 480 g/mol. The molecule has 0 bridgehead atoms. The zero-order valence-electron chi connectivity index (χ0n) is 19.9. The molecule has 0 atom stereocenters. The number of benzene rings is 3. The van der Waals surface area contributed by atoms with Crippen molar-refractivity contribution < 1.29 is 22.4 Å². The van der Waals surface area contributed by atoms with E-state index in [-0.39, 0.29) is 4.90 Å². The van der Waals surface area contributed by atoms with E-state index in [1.807, 2.05) is 37.3 Å². The molecule has 178 valence electrons. The van der Waals surface area contributed by atoms with E-state index < -0.39 is 16.0 Å². The second kappa shape index (κ2) is 9.50. The molecular formula is C27H29NO5S. The molecule has 0 spiro atoms. The monoisotopic (exact) mass is 479 g/mol. The van der Waals surface area contributed by atoms with Crippen LogP contribution in [0.25, 0.3) is 21.7 Å². The van der Waals surface area contributed by atoms with Crippen LogP contribution in [0.5, 0.6) is 0 Å². The summed E-state index contributed by atoms with van der Waals surface area (Å²) in [6, 6.07) is 14.2. The van der Waals surface area contributed by atoms with E-state index >= 15 is 0 Å². The average Bonchev–Trinajstić information content (AvgIpc) is 3.12. The van der Waals surface area contributed by atoms with Crippen molar-refractivity contribution in [3.05, 3.63) is 71.0 Å². The van der Waals surface area contributed by atoms with Gasteiger partial charge in [-0.3, -0.25) is 4.72 Å². The third-order valence-corrected chi connectivity index (χ3v) is 7.45. The Morgan fingerprint density at radius 2 is 1.71 bits per heavy atom. The highest BCUT2D eigenvalue weighted by molar-refractivity contribution is 7.92. The summed E-state index contributed by atoms with van der Waals surface area (Å²) in [5.41, 5.74) is 2.88. The lowest BCUT2D eigenvalue weighted by Crippen LogP contribution is -2.14. The van der Waals surface area contributed by atoms with E-state index in [0.717, 1.165) is 24.8 Å². The van der Waals surface area contributed by atoms with Crippen LogP contribution in [0.15, 0.2) is 57.8 Å². The molecule has 0 aliphatic heterocycles. The number of nitrogens with one attached hydrogen (secondary N) is 1. The molecule has 0 radical (unpaired) electrons. The van der Waals surface area contributed by atoms with Crippen LogP contribution in [0.1, 0.15) is 53.4 Å². The second-order valence-electron chi connectivity index (χ2n) is 8.60. The standard InChI is InChI=1S/C27H29NO5S/c1-5-6-9-14-32-27(29)25-19(4)33-26-21-11-8-7-10-20(21)23(16-22(25)26)28-34(30,31)24-13-12-17(2)15-18(24)3/h7-8,10-13,15-16,28H,5-6,9,14H2,1-4H3. The van der Waals surface area contributed by atoms with Gasteiger partial charge in [0.05, 0.1) is 17.2 Å². The maximum Gasteiger partial charge on any atom is 0.342 e. The summed E-state index contributed by atoms with van der Waals surface area (Å²) in [5.74, 6) is -0.0270. The second-order valence-corrected chi connectivity index (χ2v) is 10.2. The summed E-state index contributed by atoms with van der Waals surface area (Å²) in [6.07, 6.45) is 2.80. The van der Waals surface area contributed by atoms with Crippen LogP contribution in [-0.2, 0) is 14.8 Å². The number of carbonyl (C=O) groups is 1. The van der Waals surface area contributed by atoms with Crippen molar-refractivity contribution in [2.75, 3.05) is 11.3 Å². The van der Waals surface area contributed by atoms with E-state index in [9.17, 15) is 13.2 Å². The topological polar surface area (TPSA) is 85.6 Å². The molecule has 0 amide bonds. The number of anilines is 1. The Hall–Kier alpha value is -3.32. The van der Waals surface area contributed by atoms with Crippen molar-refractivity contribution in [2.24, 2.45) is 0 Å². The Labute approximate surface area is 200 Å². The number of hydrogen-bond donors (Lipinski definition) is 1. The highest BCUT2D eigenvalue weighted by atomic mass is 32.2. The molecule has 0 aliphatic rings. The third-order valence-electron chi connectivity index (χ3n) is 5.92. The zero-order chi connectivity index (χ0) is 24.5. The van der Waals surface area contributed by atoms with Gasteiger partial charge < -0.3 is 9.15 Å². The number of aryl methyl sites for hydroxylation is 3. The van der Waals surface area contributed by atoms with Gasteiger partial charge in [0.2, 0.25) is 0 Å². The first-order valence-corrected chi connectivity index (χ1v) is 12.9. The molecular weight excluding hydrogens is 450 g/mol. The number of fused-ring (bicyclic) bond motifs is 3. The van der Waals surface area contributed by atoms with E-state index in [1.54, 1.807) is 32.0 Å². The van der Waals surface area contributed by atoms with Gasteiger partial charge in [0.1, 0.15) is 16.9 Å². The molecule has 1 heterocycles. The van der Waals surface area contributed by atoms with Crippen molar-refractivity contribution >= 4 is 43.4 Å². The fraction of sp³-hybridized carbons (Fsp3) is 0.296. The van der Waals surface area contributed by atoms with Crippen LogP contribution in [0.4, 0.5) is 5.69 Å². The SMILES string of the molecule is CCCCCOC(=O)c1c(C)oc2c1cc(NS(=O)(=O)c1ccc(C)cc1C)c1ccccc12. The first-order chi connectivity index (χ1) is 16.2. The summed E-state index contributed by atoms with van der Waals surface area (Å²) in [4.78, 5) is 13.1. The number of ether oxygens (including phenoxy) is 1. The minimum Gasteiger partial charge on any atom is -0.462 e. The van der Waals surface area contributed by atoms with Crippen molar-refractivity contribution in [1.82, 2.24) is 0 Å². The minimum atomic E-state index is -3.86. The molecule has 6 nitrogen and oxygen atoms in total. The molecule has 3 aromatic carbocycles. The van der Waals surface area contributed by atoms with Crippen LogP contribution in [0.3, 0.4) is 0 Å². The molecule has 34 heavy (non-hydrogen) atoms. The summed E-state index contributed by atoms with van der Waals surface area (Å²) in [7, 11) is -3.86. The molecule has 0 aliphatic carbocycles. The van der Waals surface area contributed by atoms with Crippen LogP contribution in [0, 0.1) is 20.8 Å². The van der Waals surface area contributed by atoms with Crippen LogP contribution < -0.4 is 4.72 Å². The number of rotatable bonds is 8. The maximum absolute atomic E-state index is 13.3. The molecule has 1 N–H and O–H groups in total. The van der Waals surface area contributed by atoms with Gasteiger partial charge in [-0.1, -0.05) is 61.7 Å². The number of unbranched alkanes of at least 4 members (excludes halogenated alkanes) is 2. The van der Waals surface area contributed by atoms with Crippen LogP contribution >= 0.6 is 0 Å². The van der Waals surface area contributed by atoms with Gasteiger partial charge in [0.25, 0.3) is 10.0 Å². The highest BCUT2D eigenvalue weighted by Gasteiger charge is 2.24. The van der Waals surface area contributed by atoms with Crippen molar-refractivity contribution in [3.8, 4) is 0 Å². The normalized spacial score (nSPS) is 11.8. The first kappa shape index (κ1) is 23.8. The molecule has 0 saturated carbocycles. The molecule has 0 unspecified atom stereocenters.